The number of aliphatic hydroxyl groups excluding tert-OH is 1. The number of pyridine rings is 2. The molecule has 3 rings (SSSR count). The number of halogens is 1. The fourth-order valence-electron chi connectivity index (χ4n) is 3.84. The Bertz CT molecular complexity index is 1120. The lowest BCUT2D eigenvalue weighted by Gasteiger charge is -2.27. The highest BCUT2D eigenvalue weighted by atomic mass is 19.1. The Hall–Kier alpha value is -3.39. The van der Waals surface area contributed by atoms with Crippen LogP contribution in [0, 0.1) is 5.92 Å². The Morgan fingerprint density at radius 3 is 2.56 bits per heavy atom. The van der Waals surface area contributed by atoms with Gasteiger partial charge in [-0.15, -0.1) is 0 Å². The summed E-state index contributed by atoms with van der Waals surface area (Å²) in [5, 5.41) is 14.7. The Morgan fingerprint density at radius 1 is 1.15 bits per heavy atom. The predicted molar refractivity (Wildman–Crippen MR) is 129 cm³/mol. The molecule has 0 fully saturated rings. The van der Waals surface area contributed by atoms with Crippen molar-refractivity contribution in [2.45, 2.75) is 57.3 Å². The number of amides is 2. The number of alkyl halides is 1. The number of hydrogen-bond acceptors (Lipinski definition) is 5. The van der Waals surface area contributed by atoms with Crippen molar-refractivity contribution < 1.29 is 19.1 Å². The first-order valence-corrected chi connectivity index (χ1v) is 11.3. The van der Waals surface area contributed by atoms with Crippen LogP contribution in [0.1, 0.15) is 49.0 Å². The average molecular weight is 467 g/mol. The number of nitrogens with zero attached hydrogens (tertiary/aromatic N) is 2. The molecule has 180 valence electrons. The smallest absolute Gasteiger partial charge is 0.253 e. The van der Waals surface area contributed by atoms with Crippen molar-refractivity contribution >= 4 is 22.8 Å². The Labute approximate surface area is 198 Å². The maximum Gasteiger partial charge on any atom is 0.253 e. The Kier molecular flexibility index (Phi) is 8.28. The molecule has 0 saturated heterocycles. The van der Waals surface area contributed by atoms with E-state index in [1.54, 1.807) is 18.3 Å². The van der Waals surface area contributed by atoms with Crippen LogP contribution < -0.4 is 11.1 Å². The van der Waals surface area contributed by atoms with Gasteiger partial charge >= 0.3 is 0 Å². The van der Waals surface area contributed by atoms with Gasteiger partial charge in [0.2, 0.25) is 5.91 Å². The summed E-state index contributed by atoms with van der Waals surface area (Å²) in [4.78, 5) is 33.4. The third kappa shape index (κ3) is 7.31. The summed E-state index contributed by atoms with van der Waals surface area (Å²) >= 11 is 0. The second kappa shape index (κ2) is 11.2. The van der Waals surface area contributed by atoms with Crippen LogP contribution in [0.3, 0.4) is 0 Å². The van der Waals surface area contributed by atoms with E-state index in [2.05, 4.69) is 15.3 Å². The van der Waals surface area contributed by atoms with Crippen molar-refractivity contribution in [1.82, 2.24) is 15.3 Å². The highest BCUT2D eigenvalue weighted by Crippen LogP contribution is 2.24. The van der Waals surface area contributed by atoms with E-state index >= 15 is 0 Å². The van der Waals surface area contributed by atoms with E-state index in [1.165, 1.54) is 20.0 Å². The van der Waals surface area contributed by atoms with Crippen molar-refractivity contribution in [1.29, 1.82) is 0 Å². The molecule has 2 aromatic heterocycles. The van der Waals surface area contributed by atoms with Crippen LogP contribution >= 0.6 is 0 Å². The third-order valence-corrected chi connectivity index (χ3v) is 5.81. The van der Waals surface area contributed by atoms with Gasteiger partial charge in [-0.1, -0.05) is 30.3 Å². The molecule has 0 aliphatic heterocycles. The third-order valence-electron chi connectivity index (χ3n) is 5.81. The molecule has 4 N–H and O–H groups in total. The van der Waals surface area contributed by atoms with Crippen LogP contribution in [0.2, 0.25) is 0 Å². The van der Waals surface area contributed by atoms with E-state index in [1.807, 2.05) is 36.4 Å². The highest BCUT2D eigenvalue weighted by molar-refractivity contribution is 5.97. The lowest BCUT2D eigenvalue weighted by atomic mass is 9.88. The van der Waals surface area contributed by atoms with Gasteiger partial charge in [-0.3, -0.25) is 9.59 Å². The zero-order valence-electron chi connectivity index (χ0n) is 19.4. The van der Waals surface area contributed by atoms with Gasteiger partial charge in [-0.2, -0.15) is 0 Å². The van der Waals surface area contributed by atoms with Crippen molar-refractivity contribution in [3.05, 3.63) is 72.1 Å². The number of hydrogen-bond donors (Lipinski definition) is 3. The van der Waals surface area contributed by atoms with Gasteiger partial charge in [-0.05, 0) is 63.3 Å². The van der Waals surface area contributed by atoms with E-state index in [0.717, 1.165) is 10.9 Å². The van der Waals surface area contributed by atoms with Crippen LogP contribution in [0.15, 0.2) is 60.9 Å². The van der Waals surface area contributed by atoms with E-state index < -0.39 is 35.5 Å². The van der Waals surface area contributed by atoms with Crippen LogP contribution in [0.4, 0.5) is 4.39 Å². The van der Waals surface area contributed by atoms with Crippen LogP contribution in [0.25, 0.3) is 11.0 Å². The number of benzene rings is 1. The number of aliphatic hydroxyl groups is 1. The van der Waals surface area contributed by atoms with Crippen molar-refractivity contribution in [3.8, 4) is 0 Å². The molecular formula is C26H31FN4O3. The molecule has 7 nitrogen and oxygen atoms in total. The highest BCUT2D eigenvalue weighted by Gasteiger charge is 2.29. The molecule has 2 amide bonds. The minimum atomic E-state index is -1.45. The van der Waals surface area contributed by atoms with Crippen LogP contribution in [0.5, 0.6) is 0 Å². The first kappa shape index (κ1) is 25.2. The summed E-state index contributed by atoms with van der Waals surface area (Å²) in [6, 6.07) is 14.0. The van der Waals surface area contributed by atoms with Crippen molar-refractivity contribution in [2.24, 2.45) is 11.7 Å². The summed E-state index contributed by atoms with van der Waals surface area (Å²) in [6.45, 7) is 2.88. The first-order valence-electron chi connectivity index (χ1n) is 11.3. The van der Waals surface area contributed by atoms with Crippen molar-refractivity contribution in [3.63, 3.8) is 0 Å². The molecule has 0 radical (unpaired) electrons. The molecule has 3 atom stereocenters. The largest absolute Gasteiger partial charge is 0.391 e. The summed E-state index contributed by atoms with van der Waals surface area (Å²) < 4.78 is 14.0. The van der Waals surface area contributed by atoms with E-state index in [0.29, 0.717) is 17.6 Å². The van der Waals surface area contributed by atoms with E-state index in [-0.39, 0.29) is 19.3 Å². The van der Waals surface area contributed by atoms with Crippen molar-refractivity contribution in [2.75, 3.05) is 0 Å². The number of rotatable bonds is 11. The molecule has 0 spiro atoms. The van der Waals surface area contributed by atoms with Gasteiger partial charge in [0.05, 0.1) is 17.7 Å². The lowest BCUT2D eigenvalue weighted by Crippen LogP contribution is -2.46. The number of aromatic nitrogens is 2. The molecule has 8 heteroatoms. The predicted octanol–water partition coefficient (Wildman–Crippen LogP) is 3.35. The quantitative estimate of drug-likeness (QED) is 0.401. The van der Waals surface area contributed by atoms with Gasteiger partial charge in [-0.25, -0.2) is 14.4 Å². The van der Waals surface area contributed by atoms with Gasteiger partial charge in [0.1, 0.15) is 5.67 Å². The number of carbonyl (C=O) groups is 2. The summed E-state index contributed by atoms with van der Waals surface area (Å²) in [5.74, 6) is -1.72. The topological polar surface area (TPSA) is 118 Å². The monoisotopic (exact) mass is 466 g/mol. The SMILES string of the molecule is CC(C)(F)CCC(CC(O)C(Cc1ccccc1)NC(=O)c1cnc2ncccc2c1)C(N)=O. The number of nitrogens with two attached hydrogens (primary N) is 1. The molecular weight excluding hydrogens is 435 g/mol. The molecule has 0 bridgehead atoms. The van der Waals surface area contributed by atoms with Crippen LogP contribution in [-0.4, -0.2) is 44.7 Å². The molecule has 34 heavy (non-hydrogen) atoms. The molecule has 3 aromatic rings. The summed E-state index contributed by atoms with van der Waals surface area (Å²) in [5.41, 5.74) is 5.86. The first-order chi connectivity index (χ1) is 16.1. The molecule has 1 aromatic carbocycles. The number of carbonyl (C=O) groups excluding carboxylic acids is 2. The van der Waals surface area contributed by atoms with Gasteiger partial charge in [0.15, 0.2) is 5.65 Å². The molecule has 2 heterocycles. The Morgan fingerprint density at radius 2 is 1.88 bits per heavy atom. The summed E-state index contributed by atoms with van der Waals surface area (Å²) in [6.07, 6.45) is 2.70. The van der Waals surface area contributed by atoms with E-state index in [4.69, 9.17) is 5.73 Å². The minimum absolute atomic E-state index is 0.0169. The standard InChI is InChI=1S/C26H31FN4O3/c1-26(2,27)11-10-18(23(28)33)15-22(32)21(13-17-7-4-3-5-8-17)31-25(34)20-14-19-9-6-12-29-24(19)30-16-20/h3-9,12,14,16,18,21-22,32H,10-11,13,15H2,1-2H3,(H2,28,33)(H,31,34). The zero-order chi connectivity index (χ0) is 24.7. The van der Waals surface area contributed by atoms with Gasteiger partial charge in [0, 0.05) is 23.7 Å². The molecule has 3 unspecified atom stereocenters. The fourth-order valence-corrected chi connectivity index (χ4v) is 3.84. The van der Waals surface area contributed by atoms with Crippen LogP contribution in [-0.2, 0) is 11.2 Å². The second-order valence-corrected chi connectivity index (χ2v) is 9.20. The number of primary amides is 1. The van der Waals surface area contributed by atoms with Gasteiger partial charge in [0.25, 0.3) is 5.91 Å². The van der Waals surface area contributed by atoms with Gasteiger partial charge < -0.3 is 16.2 Å². The minimum Gasteiger partial charge on any atom is -0.391 e. The molecule has 0 saturated carbocycles. The second-order valence-electron chi connectivity index (χ2n) is 9.20. The zero-order valence-corrected chi connectivity index (χ0v) is 19.4. The normalized spacial score (nSPS) is 14.4. The fraction of sp³-hybridized carbons (Fsp3) is 0.385. The lowest BCUT2D eigenvalue weighted by molar-refractivity contribution is -0.123. The maximum absolute atomic E-state index is 14.0. The average Bonchev–Trinajstić information content (AvgIpc) is 2.80. The number of fused-ring (bicyclic) bond motifs is 1. The summed E-state index contributed by atoms with van der Waals surface area (Å²) in [7, 11) is 0. The number of nitrogens with one attached hydrogen (secondary N) is 1. The molecule has 0 aliphatic rings. The maximum atomic E-state index is 14.0. The molecule has 0 aliphatic carbocycles. The Balaban J connectivity index is 1.78. The van der Waals surface area contributed by atoms with E-state index in [9.17, 15) is 19.1 Å².